The Labute approximate surface area is 105 Å². The Balaban J connectivity index is 2.94. The van der Waals surface area contributed by atoms with Crippen molar-refractivity contribution >= 4 is 0 Å². The van der Waals surface area contributed by atoms with Crippen molar-refractivity contribution in [2.45, 2.75) is 25.6 Å². The average molecular weight is 254 g/mol. The molecule has 2 atom stereocenters. The molecule has 0 bridgehead atoms. The molecule has 0 radical (unpaired) electrons. The highest BCUT2D eigenvalue weighted by molar-refractivity contribution is 5.36. The van der Waals surface area contributed by atoms with Crippen molar-refractivity contribution in [3.8, 4) is 18.1 Å². The molecule has 0 fully saturated rings. The van der Waals surface area contributed by atoms with Crippen molar-refractivity contribution in [1.82, 2.24) is 5.32 Å². The minimum Gasteiger partial charge on any atom is -0.434 e. The van der Waals surface area contributed by atoms with E-state index < -0.39 is 6.61 Å². The molecule has 0 saturated carbocycles. The van der Waals surface area contributed by atoms with Crippen LogP contribution in [0.1, 0.15) is 18.5 Å². The highest BCUT2D eigenvalue weighted by atomic mass is 19.3. The summed E-state index contributed by atoms with van der Waals surface area (Å²) in [5.41, 5.74) is 6.21. The molecular formula is C13H16F2N2O. The van der Waals surface area contributed by atoms with Crippen LogP contribution in [0.2, 0.25) is 0 Å². The lowest BCUT2D eigenvalue weighted by Crippen LogP contribution is -2.34. The normalized spacial score (nSPS) is 14.0. The first-order chi connectivity index (χ1) is 8.58. The van der Waals surface area contributed by atoms with Gasteiger partial charge in [0.25, 0.3) is 0 Å². The highest BCUT2D eigenvalue weighted by Gasteiger charge is 2.17. The summed E-state index contributed by atoms with van der Waals surface area (Å²) in [6.07, 6.45) is 5.27. The lowest BCUT2D eigenvalue weighted by molar-refractivity contribution is -0.0507. The van der Waals surface area contributed by atoms with Crippen LogP contribution < -0.4 is 15.8 Å². The van der Waals surface area contributed by atoms with E-state index in [9.17, 15) is 8.78 Å². The predicted molar refractivity (Wildman–Crippen MR) is 66.3 cm³/mol. The van der Waals surface area contributed by atoms with E-state index in [0.717, 1.165) is 0 Å². The van der Waals surface area contributed by atoms with E-state index >= 15 is 0 Å². The highest BCUT2D eigenvalue weighted by Crippen LogP contribution is 2.26. The topological polar surface area (TPSA) is 47.3 Å². The number of benzene rings is 1. The van der Waals surface area contributed by atoms with E-state index in [1.54, 1.807) is 25.1 Å². The van der Waals surface area contributed by atoms with E-state index in [1.807, 2.05) is 0 Å². The molecule has 1 rings (SSSR count). The van der Waals surface area contributed by atoms with Gasteiger partial charge in [0.2, 0.25) is 0 Å². The van der Waals surface area contributed by atoms with Crippen LogP contribution in [-0.4, -0.2) is 19.2 Å². The predicted octanol–water partition coefficient (Wildman–Crippen LogP) is 1.90. The van der Waals surface area contributed by atoms with Gasteiger partial charge in [0, 0.05) is 18.2 Å². The first-order valence-electron chi connectivity index (χ1n) is 5.54. The fourth-order valence-electron chi connectivity index (χ4n) is 1.61. The molecular weight excluding hydrogens is 238 g/mol. The number of para-hydroxylation sites is 1. The van der Waals surface area contributed by atoms with Crippen molar-refractivity contribution in [3.05, 3.63) is 29.8 Å². The van der Waals surface area contributed by atoms with Crippen LogP contribution in [-0.2, 0) is 0 Å². The number of hydrogen-bond acceptors (Lipinski definition) is 3. The van der Waals surface area contributed by atoms with Crippen molar-refractivity contribution in [3.63, 3.8) is 0 Å². The molecule has 0 aliphatic carbocycles. The molecule has 0 aromatic heterocycles. The van der Waals surface area contributed by atoms with Crippen molar-refractivity contribution in [1.29, 1.82) is 0 Å². The van der Waals surface area contributed by atoms with Gasteiger partial charge in [0.15, 0.2) is 0 Å². The Morgan fingerprint density at radius 1 is 1.44 bits per heavy atom. The number of halogens is 2. The number of nitrogens with two attached hydrogens (primary N) is 1. The van der Waals surface area contributed by atoms with Gasteiger partial charge in [-0.25, -0.2) is 0 Å². The van der Waals surface area contributed by atoms with Gasteiger partial charge in [0.1, 0.15) is 5.75 Å². The third kappa shape index (κ3) is 3.99. The van der Waals surface area contributed by atoms with Gasteiger partial charge in [-0.15, -0.1) is 6.42 Å². The minimum absolute atomic E-state index is 0.111. The molecule has 0 saturated heterocycles. The molecule has 0 aliphatic rings. The Hall–Kier alpha value is -1.64. The maximum absolute atomic E-state index is 12.3. The summed E-state index contributed by atoms with van der Waals surface area (Å²) in [7, 11) is 0. The third-order valence-electron chi connectivity index (χ3n) is 2.45. The molecule has 0 amide bonds. The fourth-order valence-corrected chi connectivity index (χ4v) is 1.61. The molecule has 5 heteroatoms. The van der Waals surface area contributed by atoms with E-state index in [2.05, 4.69) is 16.0 Å². The van der Waals surface area contributed by atoms with Gasteiger partial charge in [-0.2, -0.15) is 8.78 Å². The molecule has 3 N–H and O–H groups in total. The van der Waals surface area contributed by atoms with Gasteiger partial charge in [-0.1, -0.05) is 24.1 Å². The van der Waals surface area contributed by atoms with E-state index in [4.69, 9.17) is 12.2 Å². The van der Waals surface area contributed by atoms with Crippen LogP contribution in [0.3, 0.4) is 0 Å². The quantitative estimate of drug-likeness (QED) is 0.762. The van der Waals surface area contributed by atoms with Crippen LogP contribution in [0.15, 0.2) is 24.3 Å². The summed E-state index contributed by atoms with van der Waals surface area (Å²) in [6.45, 7) is -0.843. The molecule has 18 heavy (non-hydrogen) atoms. The van der Waals surface area contributed by atoms with E-state index in [1.165, 1.54) is 6.07 Å². The Kier molecular flexibility index (Phi) is 5.56. The van der Waals surface area contributed by atoms with Gasteiger partial charge < -0.3 is 10.5 Å². The number of hydrogen-bond donors (Lipinski definition) is 2. The van der Waals surface area contributed by atoms with Crippen LogP contribution >= 0.6 is 0 Å². The van der Waals surface area contributed by atoms with Crippen LogP contribution in [0.4, 0.5) is 8.78 Å². The summed E-state index contributed by atoms with van der Waals surface area (Å²) in [6, 6.07) is 5.99. The molecule has 1 aromatic carbocycles. The Morgan fingerprint density at radius 2 is 2.11 bits per heavy atom. The number of alkyl halides is 2. The fraction of sp³-hybridized carbons (Fsp3) is 0.385. The number of rotatable bonds is 6. The van der Waals surface area contributed by atoms with Crippen LogP contribution in [0.5, 0.6) is 5.75 Å². The third-order valence-corrected chi connectivity index (χ3v) is 2.45. The SMILES string of the molecule is C#CC(C)NC(CN)c1ccccc1OC(F)F. The smallest absolute Gasteiger partial charge is 0.387 e. The Morgan fingerprint density at radius 3 is 2.67 bits per heavy atom. The summed E-state index contributed by atoms with van der Waals surface area (Å²) < 4.78 is 29.0. The zero-order valence-corrected chi connectivity index (χ0v) is 10.1. The second kappa shape index (κ2) is 6.94. The molecule has 2 unspecified atom stereocenters. The number of ether oxygens (including phenoxy) is 1. The zero-order valence-electron chi connectivity index (χ0n) is 10.1. The minimum atomic E-state index is -2.87. The summed E-state index contributed by atoms with van der Waals surface area (Å²) in [4.78, 5) is 0. The van der Waals surface area contributed by atoms with Gasteiger partial charge in [0.05, 0.1) is 6.04 Å². The lowest BCUT2D eigenvalue weighted by atomic mass is 10.0. The van der Waals surface area contributed by atoms with Crippen molar-refractivity contribution in [2.24, 2.45) is 5.73 Å². The molecule has 98 valence electrons. The zero-order chi connectivity index (χ0) is 13.5. The largest absolute Gasteiger partial charge is 0.434 e. The van der Waals surface area contributed by atoms with E-state index in [-0.39, 0.29) is 24.4 Å². The maximum atomic E-state index is 12.3. The van der Waals surface area contributed by atoms with Crippen molar-refractivity contribution < 1.29 is 13.5 Å². The second-order valence-corrected chi connectivity index (χ2v) is 3.76. The van der Waals surface area contributed by atoms with Gasteiger partial charge in [-0.05, 0) is 13.0 Å². The molecule has 0 heterocycles. The average Bonchev–Trinajstić information content (AvgIpc) is 2.36. The van der Waals surface area contributed by atoms with Crippen LogP contribution in [0, 0.1) is 12.3 Å². The monoisotopic (exact) mass is 254 g/mol. The van der Waals surface area contributed by atoms with Gasteiger partial charge >= 0.3 is 6.61 Å². The molecule has 1 aromatic rings. The van der Waals surface area contributed by atoms with Crippen LogP contribution in [0.25, 0.3) is 0 Å². The number of nitrogens with one attached hydrogen (secondary N) is 1. The standard InChI is InChI=1S/C13H16F2N2O/c1-3-9(2)17-11(8-16)10-6-4-5-7-12(10)18-13(14)15/h1,4-7,9,11,13,17H,8,16H2,2H3. The maximum Gasteiger partial charge on any atom is 0.387 e. The van der Waals surface area contributed by atoms with E-state index in [0.29, 0.717) is 5.56 Å². The first-order valence-corrected chi connectivity index (χ1v) is 5.54. The molecule has 0 spiro atoms. The second-order valence-electron chi connectivity index (χ2n) is 3.76. The van der Waals surface area contributed by atoms with Crippen molar-refractivity contribution in [2.75, 3.05) is 6.54 Å². The first kappa shape index (κ1) is 14.4. The molecule has 3 nitrogen and oxygen atoms in total. The number of terminal acetylenes is 1. The Bertz CT molecular complexity index is 418. The summed E-state index contributed by atoms with van der Waals surface area (Å²) >= 11 is 0. The molecule has 0 aliphatic heterocycles. The lowest BCUT2D eigenvalue weighted by Gasteiger charge is -2.22. The summed E-state index contributed by atoms with van der Waals surface area (Å²) in [5, 5.41) is 3.06. The summed E-state index contributed by atoms with van der Waals surface area (Å²) in [5.74, 6) is 2.61. The van der Waals surface area contributed by atoms with Gasteiger partial charge in [-0.3, -0.25) is 5.32 Å².